The summed E-state index contributed by atoms with van der Waals surface area (Å²) >= 11 is 1.31. The van der Waals surface area contributed by atoms with Gasteiger partial charge in [0, 0.05) is 13.1 Å². The Labute approximate surface area is 151 Å². The standard InChI is InChI=1S/C17H23N3O4S/c1-6-23-15(21)17(2,3)25-16-19-18-14(20(16)4)11-24-13-9-7-8-12(10-13)22-5/h7-10H,6,11H2,1-5H3. The Bertz CT molecular complexity index is 730. The molecule has 0 aliphatic rings. The van der Waals surface area contributed by atoms with E-state index in [0.29, 0.717) is 23.3 Å². The van der Waals surface area contributed by atoms with Crippen molar-refractivity contribution >= 4 is 17.7 Å². The lowest BCUT2D eigenvalue weighted by Gasteiger charge is -2.20. The molecule has 8 heteroatoms. The van der Waals surface area contributed by atoms with E-state index in [1.165, 1.54) is 11.8 Å². The molecule has 0 unspecified atom stereocenters. The van der Waals surface area contributed by atoms with Gasteiger partial charge in [0.25, 0.3) is 0 Å². The molecule has 0 saturated carbocycles. The molecular formula is C17H23N3O4S. The van der Waals surface area contributed by atoms with E-state index in [-0.39, 0.29) is 12.6 Å². The Kier molecular flexibility index (Phi) is 6.30. The number of carbonyl (C=O) groups is 1. The lowest BCUT2D eigenvalue weighted by molar-refractivity contribution is -0.145. The van der Waals surface area contributed by atoms with E-state index in [4.69, 9.17) is 14.2 Å². The monoisotopic (exact) mass is 365 g/mol. The van der Waals surface area contributed by atoms with Crippen molar-refractivity contribution in [2.75, 3.05) is 13.7 Å². The summed E-state index contributed by atoms with van der Waals surface area (Å²) in [4.78, 5) is 12.0. The number of thioether (sulfide) groups is 1. The van der Waals surface area contributed by atoms with E-state index >= 15 is 0 Å². The zero-order valence-electron chi connectivity index (χ0n) is 15.1. The van der Waals surface area contributed by atoms with E-state index in [2.05, 4.69) is 10.2 Å². The summed E-state index contributed by atoms with van der Waals surface area (Å²) in [6, 6.07) is 7.35. The van der Waals surface area contributed by atoms with E-state index < -0.39 is 4.75 Å². The molecule has 0 aliphatic carbocycles. The second-order valence-electron chi connectivity index (χ2n) is 5.76. The minimum atomic E-state index is -0.748. The first-order chi connectivity index (χ1) is 11.9. The quantitative estimate of drug-likeness (QED) is 0.526. The van der Waals surface area contributed by atoms with Crippen LogP contribution in [0.1, 0.15) is 26.6 Å². The van der Waals surface area contributed by atoms with Gasteiger partial charge in [-0.05, 0) is 32.9 Å². The van der Waals surface area contributed by atoms with Gasteiger partial charge in [0.1, 0.15) is 22.9 Å². The first-order valence-corrected chi connectivity index (χ1v) is 8.70. The van der Waals surface area contributed by atoms with Crippen molar-refractivity contribution in [3.63, 3.8) is 0 Å². The number of benzene rings is 1. The van der Waals surface area contributed by atoms with Gasteiger partial charge in [-0.25, -0.2) is 0 Å². The van der Waals surface area contributed by atoms with Gasteiger partial charge in [0.15, 0.2) is 11.0 Å². The molecule has 7 nitrogen and oxygen atoms in total. The summed E-state index contributed by atoms with van der Waals surface area (Å²) < 4.78 is 17.1. The molecule has 0 atom stereocenters. The molecular weight excluding hydrogens is 342 g/mol. The van der Waals surface area contributed by atoms with Crippen LogP contribution in [0.4, 0.5) is 0 Å². The zero-order valence-corrected chi connectivity index (χ0v) is 15.9. The van der Waals surface area contributed by atoms with Gasteiger partial charge < -0.3 is 18.8 Å². The smallest absolute Gasteiger partial charge is 0.322 e. The van der Waals surface area contributed by atoms with Crippen LogP contribution in [0.25, 0.3) is 0 Å². The van der Waals surface area contributed by atoms with Crippen molar-refractivity contribution in [2.24, 2.45) is 7.05 Å². The number of esters is 1. The summed E-state index contributed by atoms with van der Waals surface area (Å²) in [6.45, 7) is 6.00. The van der Waals surface area contributed by atoms with Gasteiger partial charge >= 0.3 is 5.97 Å². The van der Waals surface area contributed by atoms with Crippen LogP contribution in [0, 0.1) is 0 Å². The fourth-order valence-corrected chi connectivity index (χ4v) is 2.90. The van der Waals surface area contributed by atoms with Crippen molar-refractivity contribution in [1.29, 1.82) is 0 Å². The minimum absolute atomic E-state index is 0.261. The highest BCUT2D eigenvalue weighted by Gasteiger charge is 2.32. The van der Waals surface area contributed by atoms with Gasteiger partial charge in [-0.15, -0.1) is 10.2 Å². The highest BCUT2D eigenvalue weighted by atomic mass is 32.2. The van der Waals surface area contributed by atoms with Crippen LogP contribution in [0.15, 0.2) is 29.4 Å². The highest BCUT2D eigenvalue weighted by Crippen LogP contribution is 2.32. The molecule has 1 aromatic heterocycles. The number of hydrogen-bond donors (Lipinski definition) is 0. The average molecular weight is 365 g/mol. The second kappa shape index (κ2) is 8.24. The van der Waals surface area contributed by atoms with Gasteiger partial charge in [0.2, 0.25) is 0 Å². The molecule has 0 N–H and O–H groups in total. The number of hydrogen-bond acceptors (Lipinski definition) is 7. The molecule has 0 radical (unpaired) electrons. The van der Waals surface area contributed by atoms with E-state index in [0.717, 1.165) is 5.75 Å². The second-order valence-corrected chi connectivity index (χ2v) is 7.35. The maximum Gasteiger partial charge on any atom is 0.322 e. The maximum absolute atomic E-state index is 12.0. The van der Waals surface area contributed by atoms with Gasteiger partial charge in [0.05, 0.1) is 13.7 Å². The van der Waals surface area contributed by atoms with Gasteiger partial charge in [-0.2, -0.15) is 0 Å². The number of ether oxygens (including phenoxy) is 3. The Morgan fingerprint density at radius 3 is 2.68 bits per heavy atom. The normalized spacial score (nSPS) is 11.2. The zero-order chi connectivity index (χ0) is 18.4. The minimum Gasteiger partial charge on any atom is -0.497 e. The summed E-state index contributed by atoms with van der Waals surface area (Å²) in [5, 5.41) is 8.93. The van der Waals surface area contributed by atoms with Crippen LogP contribution in [0.3, 0.4) is 0 Å². The SMILES string of the molecule is CCOC(=O)C(C)(C)Sc1nnc(COc2cccc(OC)c2)n1C. The van der Waals surface area contributed by atoms with Crippen LogP contribution in [-0.4, -0.2) is 39.2 Å². The van der Waals surface area contributed by atoms with Crippen LogP contribution >= 0.6 is 11.8 Å². The maximum atomic E-state index is 12.0. The molecule has 1 heterocycles. The van der Waals surface area contributed by atoms with Crippen molar-refractivity contribution in [3.05, 3.63) is 30.1 Å². The van der Waals surface area contributed by atoms with Crippen LogP contribution in [0.2, 0.25) is 0 Å². The largest absolute Gasteiger partial charge is 0.497 e. The predicted molar refractivity (Wildman–Crippen MR) is 94.9 cm³/mol. The lowest BCUT2D eigenvalue weighted by atomic mass is 10.2. The van der Waals surface area contributed by atoms with Crippen molar-refractivity contribution in [3.8, 4) is 11.5 Å². The average Bonchev–Trinajstić information content (AvgIpc) is 2.93. The molecule has 0 fully saturated rings. The fraction of sp³-hybridized carbons (Fsp3) is 0.471. The number of methoxy groups -OCH3 is 1. The molecule has 0 aliphatic heterocycles. The first kappa shape index (κ1) is 19.1. The van der Waals surface area contributed by atoms with Gasteiger partial charge in [-0.1, -0.05) is 17.8 Å². The molecule has 25 heavy (non-hydrogen) atoms. The first-order valence-electron chi connectivity index (χ1n) is 7.88. The van der Waals surface area contributed by atoms with Crippen molar-refractivity contribution in [1.82, 2.24) is 14.8 Å². The molecule has 2 aromatic rings. The third kappa shape index (κ3) is 4.88. The molecule has 0 spiro atoms. The number of aromatic nitrogens is 3. The Balaban J connectivity index is 2.04. The number of rotatable bonds is 8. The predicted octanol–water partition coefficient (Wildman–Crippen LogP) is 2.84. The third-order valence-corrected chi connectivity index (χ3v) is 4.66. The van der Waals surface area contributed by atoms with E-state index in [1.54, 1.807) is 33.9 Å². The Hall–Kier alpha value is -2.22. The topological polar surface area (TPSA) is 75.5 Å². The fourth-order valence-electron chi connectivity index (χ4n) is 1.97. The molecule has 0 saturated heterocycles. The molecule has 0 amide bonds. The van der Waals surface area contributed by atoms with Crippen molar-refractivity contribution < 1.29 is 19.0 Å². The highest BCUT2D eigenvalue weighted by molar-refractivity contribution is 8.01. The summed E-state index contributed by atoms with van der Waals surface area (Å²) in [5.74, 6) is 1.79. The van der Waals surface area contributed by atoms with Crippen LogP contribution < -0.4 is 9.47 Å². The third-order valence-electron chi connectivity index (χ3n) is 3.45. The Morgan fingerprint density at radius 2 is 2.00 bits per heavy atom. The Morgan fingerprint density at radius 1 is 1.28 bits per heavy atom. The van der Waals surface area contributed by atoms with Crippen molar-refractivity contribution in [2.45, 2.75) is 37.3 Å². The molecule has 1 aromatic carbocycles. The summed E-state index contributed by atoms with van der Waals surface area (Å²) in [5.41, 5.74) is 0. The van der Waals surface area contributed by atoms with Crippen LogP contribution in [-0.2, 0) is 23.2 Å². The number of nitrogens with zero attached hydrogens (tertiary/aromatic N) is 3. The van der Waals surface area contributed by atoms with E-state index in [1.807, 2.05) is 29.8 Å². The molecule has 2 rings (SSSR count). The van der Waals surface area contributed by atoms with Gasteiger partial charge in [-0.3, -0.25) is 4.79 Å². The molecule has 136 valence electrons. The summed E-state index contributed by atoms with van der Waals surface area (Å²) in [7, 11) is 3.45. The van der Waals surface area contributed by atoms with Crippen LogP contribution in [0.5, 0.6) is 11.5 Å². The molecule has 0 bridgehead atoms. The lowest BCUT2D eigenvalue weighted by Crippen LogP contribution is -2.30. The number of carbonyl (C=O) groups excluding carboxylic acids is 1. The summed E-state index contributed by atoms with van der Waals surface area (Å²) in [6.07, 6.45) is 0. The van der Waals surface area contributed by atoms with E-state index in [9.17, 15) is 4.79 Å².